The van der Waals surface area contributed by atoms with E-state index in [0.717, 1.165) is 22.5 Å². The second kappa shape index (κ2) is 10.4. The highest BCUT2D eigenvalue weighted by molar-refractivity contribution is 6.30. The molecule has 4 aromatic carbocycles. The van der Waals surface area contributed by atoms with E-state index in [1.165, 1.54) is 11.1 Å². The summed E-state index contributed by atoms with van der Waals surface area (Å²) < 4.78 is 0. The molecule has 0 aliphatic rings. The molecule has 0 fully saturated rings. The van der Waals surface area contributed by atoms with Crippen LogP contribution in [0.1, 0.15) is 55.9 Å². The Kier molecular flexibility index (Phi) is 7.29. The number of halogens is 1. The maximum absolute atomic E-state index is 9.59. The number of para-hydroxylation sites is 1. The summed E-state index contributed by atoms with van der Waals surface area (Å²) in [5.41, 5.74) is 6.41. The van der Waals surface area contributed by atoms with Gasteiger partial charge in [0.05, 0.1) is 6.07 Å². The van der Waals surface area contributed by atoms with E-state index in [4.69, 9.17) is 11.6 Å². The maximum atomic E-state index is 9.59. The van der Waals surface area contributed by atoms with Gasteiger partial charge in [0.15, 0.2) is 0 Å². The van der Waals surface area contributed by atoms with Crippen LogP contribution in [-0.2, 0) is 10.8 Å². The van der Waals surface area contributed by atoms with Crippen LogP contribution in [0.4, 0.5) is 11.4 Å². The van der Waals surface area contributed by atoms with Crippen molar-refractivity contribution in [1.29, 1.82) is 5.26 Å². The van der Waals surface area contributed by atoms with Gasteiger partial charge in [0.25, 0.3) is 0 Å². The van der Waals surface area contributed by atoms with E-state index in [2.05, 4.69) is 105 Å². The number of benzene rings is 4. The third kappa shape index (κ3) is 5.42. The maximum Gasteiger partial charge on any atom is 0.0622 e. The van der Waals surface area contributed by atoms with Gasteiger partial charge in [-0.3, -0.25) is 0 Å². The standard InChI is InChI=1S/C32H31ClN2/c1-31(2,3)24-10-12-25(13-11-24)32(22-7-23-34,26-14-18-28(33)19-15-26)27-16-20-30(21-17-27)35-29-8-5-4-6-9-29/h4-6,8-21,35H,7,22H2,1-3H3. The third-order valence-electron chi connectivity index (χ3n) is 6.63. The van der Waals surface area contributed by atoms with Crippen molar-refractivity contribution in [3.8, 4) is 6.07 Å². The molecule has 0 spiro atoms. The molecule has 0 radical (unpaired) electrons. The van der Waals surface area contributed by atoms with E-state index in [1.54, 1.807) is 0 Å². The van der Waals surface area contributed by atoms with Gasteiger partial charge in [-0.25, -0.2) is 0 Å². The van der Waals surface area contributed by atoms with Crippen LogP contribution in [0.3, 0.4) is 0 Å². The monoisotopic (exact) mass is 478 g/mol. The predicted molar refractivity (Wildman–Crippen MR) is 147 cm³/mol. The van der Waals surface area contributed by atoms with Crippen molar-refractivity contribution < 1.29 is 0 Å². The van der Waals surface area contributed by atoms with Crippen LogP contribution in [0.25, 0.3) is 0 Å². The quantitative estimate of drug-likeness (QED) is 0.269. The van der Waals surface area contributed by atoms with Crippen LogP contribution in [0.5, 0.6) is 0 Å². The fourth-order valence-electron chi connectivity index (χ4n) is 4.69. The number of hydrogen-bond acceptors (Lipinski definition) is 2. The first-order valence-electron chi connectivity index (χ1n) is 12.0. The van der Waals surface area contributed by atoms with Crippen molar-refractivity contribution in [3.05, 3.63) is 130 Å². The van der Waals surface area contributed by atoms with Gasteiger partial charge in [-0.2, -0.15) is 5.26 Å². The molecule has 0 saturated carbocycles. The molecule has 0 amide bonds. The predicted octanol–water partition coefficient (Wildman–Crippen LogP) is 9.02. The fraction of sp³-hybridized carbons (Fsp3) is 0.219. The Bertz CT molecular complexity index is 1280. The summed E-state index contributed by atoms with van der Waals surface area (Å²) in [4.78, 5) is 0. The molecule has 0 heterocycles. The second-order valence-corrected chi connectivity index (χ2v) is 10.4. The number of rotatable bonds is 7. The molecule has 0 aromatic heterocycles. The Morgan fingerprint density at radius 1 is 0.657 bits per heavy atom. The molecule has 0 aliphatic carbocycles. The molecule has 2 nitrogen and oxygen atoms in total. The van der Waals surface area contributed by atoms with Crippen molar-refractivity contribution >= 4 is 23.0 Å². The van der Waals surface area contributed by atoms with Crippen LogP contribution in [0.2, 0.25) is 5.02 Å². The van der Waals surface area contributed by atoms with Crippen molar-refractivity contribution in [2.24, 2.45) is 0 Å². The molecule has 0 aliphatic heterocycles. The zero-order chi connectivity index (χ0) is 24.9. The smallest absolute Gasteiger partial charge is 0.0622 e. The Labute approximate surface area is 214 Å². The zero-order valence-corrected chi connectivity index (χ0v) is 21.3. The molecule has 1 atom stereocenters. The minimum atomic E-state index is -0.470. The van der Waals surface area contributed by atoms with Gasteiger partial charge < -0.3 is 5.32 Å². The molecule has 0 bridgehead atoms. The summed E-state index contributed by atoms with van der Waals surface area (Å²) in [5, 5.41) is 13.8. The summed E-state index contributed by atoms with van der Waals surface area (Å²) >= 11 is 6.27. The highest BCUT2D eigenvalue weighted by atomic mass is 35.5. The number of nitriles is 1. The van der Waals surface area contributed by atoms with Crippen molar-refractivity contribution in [2.75, 3.05) is 5.32 Å². The number of anilines is 2. The minimum absolute atomic E-state index is 0.0683. The van der Waals surface area contributed by atoms with E-state index in [9.17, 15) is 5.26 Å². The average molecular weight is 479 g/mol. The molecule has 1 unspecified atom stereocenters. The van der Waals surface area contributed by atoms with E-state index < -0.39 is 5.41 Å². The lowest BCUT2D eigenvalue weighted by Crippen LogP contribution is -2.29. The van der Waals surface area contributed by atoms with Gasteiger partial charge in [-0.15, -0.1) is 0 Å². The molecular weight excluding hydrogens is 448 g/mol. The lowest BCUT2D eigenvalue weighted by Gasteiger charge is -2.36. The van der Waals surface area contributed by atoms with Crippen LogP contribution >= 0.6 is 11.6 Å². The molecule has 0 saturated heterocycles. The summed E-state index contributed by atoms with van der Waals surface area (Å²) in [6.07, 6.45) is 1.11. The van der Waals surface area contributed by atoms with Crippen LogP contribution < -0.4 is 5.32 Å². The molecule has 35 heavy (non-hydrogen) atoms. The van der Waals surface area contributed by atoms with Gasteiger partial charge in [0.2, 0.25) is 0 Å². The molecule has 1 N–H and O–H groups in total. The van der Waals surface area contributed by atoms with Crippen molar-refractivity contribution in [3.63, 3.8) is 0 Å². The first-order chi connectivity index (χ1) is 16.8. The molecular formula is C32H31ClN2. The summed E-state index contributed by atoms with van der Waals surface area (Å²) in [6, 6.07) is 38.1. The summed E-state index contributed by atoms with van der Waals surface area (Å²) in [5.74, 6) is 0. The van der Waals surface area contributed by atoms with Gasteiger partial charge in [0, 0.05) is 28.2 Å². The Balaban J connectivity index is 1.84. The topological polar surface area (TPSA) is 35.8 Å². The summed E-state index contributed by atoms with van der Waals surface area (Å²) in [6.45, 7) is 6.67. The van der Waals surface area contributed by atoms with Gasteiger partial charge in [-0.1, -0.05) is 99.1 Å². The Morgan fingerprint density at radius 3 is 1.63 bits per heavy atom. The van der Waals surface area contributed by atoms with E-state index in [0.29, 0.717) is 17.9 Å². The molecule has 3 heteroatoms. The number of hydrogen-bond donors (Lipinski definition) is 1. The van der Waals surface area contributed by atoms with Gasteiger partial charge >= 0.3 is 0 Å². The minimum Gasteiger partial charge on any atom is -0.356 e. The zero-order valence-electron chi connectivity index (χ0n) is 20.6. The van der Waals surface area contributed by atoms with Gasteiger partial charge in [-0.05, 0) is 70.5 Å². The van der Waals surface area contributed by atoms with Crippen LogP contribution in [-0.4, -0.2) is 0 Å². The Morgan fingerprint density at radius 2 is 1.11 bits per heavy atom. The number of nitrogens with zero attached hydrogens (tertiary/aromatic N) is 1. The SMILES string of the molecule is CC(C)(C)c1ccc(C(CCC#N)(c2ccc(Cl)cc2)c2ccc(Nc3ccccc3)cc2)cc1. The first-order valence-corrected chi connectivity index (χ1v) is 12.4. The van der Waals surface area contributed by atoms with Gasteiger partial charge in [0.1, 0.15) is 0 Å². The fourth-order valence-corrected chi connectivity index (χ4v) is 4.82. The lowest BCUT2D eigenvalue weighted by atomic mass is 9.66. The lowest BCUT2D eigenvalue weighted by molar-refractivity contribution is 0.564. The largest absolute Gasteiger partial charge is 0.356 e. The van der Waals surface area contributed by atoms with Crippen molar-refractivity contribution in [1.82, 2.24) is 0 Å². The molecule has 4 aromatic rings. The normalized spacial score (nSPS) is 13.0. The first kappa shape index (κ1) is 24.6. The van der Waals surface area contributed by atoms with Crippen LogP contribution in [0, 0.1) is 11.3 Å². The van der Waals surface area contributed by atoms with E-state index in [-0.39, 0.29) is 5.41 Å². The third-order valence-corrected chi connectivity index (χ3v) is 6.88. The van der Waals surface area contributed by atoms with Crippen LogP contribution in [0.15, 0.2) is 103 Å². The Hall–Kier alpha value is -3.54. The van der Waals surface area contributed by atoms with Crippen molar-refractivity contribution in [2.45, 2.75) is 44.4 Å². The molecule has 4 rings (SSSR count). The van der Waals surface area contributed by atoms with E-state index in [1.807, 2.05) is 30.3 Å². The number of nitrogens with one attached hydrogen (secondary N) is 1. The molecule has 176 valence electrons. The second-order valence-electron chi connectivity index (χ2n) is 9.97. The average Bonchev–Trinajstić information content (AvgIpc) is 2.86. The highest BCUT2D eigenvalue weighted by Crippen LogP contribution is 2.44. The highest BCUT2D eigenvalue weighted by Gasteiger charge is 2.36. The van der Waals surface area contributed by atoms with E-state index >= 15 is 0 Å². The summed E-state index contributed by atoms with van der Waals surface area (Å²) in [7, 11) is 0.